The van der Waals surface area contributed by atoms with Crippen LogP contribution in [-0.2, 0) is 0 Å². The average Bonchev–Trinajstić information content (AvgIpc) is 2.83. The molecule has 0 radical (unpaired) electrons. The van der Waals surface area contributed by atoms with Gasteiger partial charge in [0.15, 0.2) is 0 Å². The van der Waals surface area contributed by atoms with Crippen LogP contribution in [0.2, 0.25) is 5.02 Å². The van der Waals surface area contributed by atoms with Crippen LogP contribution in [0.25, 0.3) is 11.0 Å². The molecular formula is C24H22Cl2N6O3. The molecule has 1 atom stereocenters. The summed E-state index contributed by atoms with van der Waals surface area (Å²) < 4.78 is 0. The lowest BCUT2D eigenvalue weighted by Crippen LogP contribution is -2.33. The Hall–Kier alpha value is -3.79. The lowest BCUT2D eigenvalue weighted by molar-refractivity contribution is 0.0936. The van der Waals surface area contributed by atoms with Crippen LogP contribution in [0.5, 0.6) is 0 Å². The normalized spacial score (nSPS) is 11.4. The molecule has 0 saturated carbocycles. The highest BCUT2D eigenvalue weighted by Crippen LogP contribution is 2.24. The smallest absolute Gasteiger partial charge is 0.262 e. The van der Waals surface area contributed by atoms with E-state index in [9.17, 15) is 14.4 Å². The van der Waals surface area contributed by atoms with Gasteiger partial charge in [0.2, 0.25) is 0 Å². The molecular weight excluding hydrogens is 491 g/mol. The van der Waals surface area contributed by atoms with Gasteiger partial charge in [-0.1, -0.05) is 41.9 Å². The van der Waals surface area contributed by atoms with Gasteiger partial charge >= 0.3 is 0 Å². The number of fused-ring (bicyclic) bond motifs is 1. The molecule has 0 spiro atoms. The predicted molar refractivity (Wildman–Crippen MR) is 137 cm³/mol. The molecule has 1 unspecified atom stereocenters. The first-order chi connectivity index (χ1) is 16.4. The molecule has 4 rings (SSSR count). The van der Waals surface area contributed by atoms with Gasteiger partial charge < -0.3 is 21.4 Å². The summed E-state index contributed by atoms with van der Waals surface area (Å²) in [6.45, 7) is 1.90. The number of carbonyl (C=O) groups is 2. The fourth-order valence-corrected chi connectivity index (χ4v) is 3.57. The van der Waals surface area contributed by atoms with Gasteiger partial charge in [0.05, 0.1) is 16.8 Å². The zero-order valence-electron chi connectivity index (χ0n) is 18.5. The number of pyridine rings is 1. The molecule has 0 fully saturated rings. The number of halogens is 2. The average molecular weight is 513 g/mol. The third kappa shape index (κ3) is 5.83. The van der Waals surface area contributed by atoms with Gasteiger partial charge in [-0.25, -0.2) is 9.97 Å². The van der Waals surface area contributed by atoms with Gasteiger partial charge in [-0.2, -0.15) is 0 Å². The van der Waals surface area contributed by atoms with Crippen molar-refractivity contribution in [1.29, 1.82) is 0 Å². The number of nitrogens with one attached hydrogen (secondary N) is 3. The highest BCUT2D eigenvalue weighted by molar-refractivity contribution is 6.34. The highest BCUT2D eigenvalue weighted by Gasteiger charge is 2.18. The number of nitrogens with two attached hydrogens (primary N) is 1. The Morgan fingerprint density at radius 1 is 1.11 bits per heavy atom. The summed E-state index contributed by atoms with van der Waals surface area (Å²) in [6.07, 6.45) is 1.52. The molecule has 2 heterocycles. The minimum atomic E-state index is -0.688. The first-order valence-electron chi connectivity index (χ1n) is 10.4. The minimum absolute atomic E-state index is 0. The van der Waals surface area contributed by atoms with Gasteiger partial charge in [-0.05, 0) is 36.8 Å². The number of hydrogen-bond donors (Lipinski definition) is 4. The molecule has 4 aromatic rings. The summed E-state index contributed by atoms with van der Waals surface area (Å²) in [5.41, 5.74) is 6.75. The second kappa shape index (κ2) is 11.1. The van der Waals surface area contributed by atoms with Crippen molar-refractivity contribution < 1.29 is 9.59 Å². The molecule has 5 N–H and O–H groups in total. The van der Waals surface area contributed by atoms with E-state index >= 15 is 0 Å². The van der Waals surface area contributed by atoms with E-state index in [-0.39, 0.29) is 52.7 Å². The molecule has 2 amide bonds. The van der Waals surface area contributed by atoms with E-state index in [0.29, 0.717) is 16.9 Å². The lowest BCUT2D eigenvalue weighted by atomic mass is 10.1. The summed E-state index contributed by atoms with van der Waals surface area (Å²) in [6, 6.07) is 14.8. The van der Waals surface area contributed by atoms with E-state index in [1.165, 1.54) is 30.5 Å². The van der Waals surface area contributed by atoms with E-state index in [4.69, 9.17) is 17.3 Å². The standard InChI is InChI=1S/C24H21ClN6O3.ClH/c1-13-27-12-16-9-17(24(34)31-21(16)28-13)23(33)29-19-10-15(7-8-18(19)25)22(32)30-20(11-26)14-5-3-2-4-6-14;/h2-10,12,20H,11,26H2,1H3,(H,29,33)(H,30,32)(H,27,28,31,34);1H. The summed E-state index contributed by atoms with van der Waals surface area (Å²) in [7, 11) is 0. The Balaban J connectivity index is 0.00000342. The van der Waals surface area contributed by atoms with Crippen molar-refractivity contribution in [2.45, 2.75) is 13.0 Å². The van der Waals surface area contributed by atoms with Crippen molar-refractivity contribution in [3.8, 4) is 0 Å². The Morgan fingerprint density at radius 2 is 1.86 bits per heavy atom. The fraction of sp³-hybridized carbons (Fsp3) is 0.125. The fourth-order valence-electron chi connectivity index (χ4n) is 3.41. The van der Waals surface area contributed by atoms with Gasteiger partial charge in [0.1, 0.15) is 17.0 Å². The molecule has 0 bridgehead atoms. The zero-order chi connectivity index (χ0) is 24.2. The van der Waals surface area contributed by atoms with Crippen LogP contribution in [-0.4, -0.2) is 33.3 Å². The third-order valence-corrected chi connectivity index (χ3v) is 5.51. The number of aryl methyl sites for hydroxylation is 1. The number of aromatic amines is 1. The van der Waals surface area contributed by atoms with Crippen LogP contribution >= 0.6 is 24.0 Å². The van der Waals surface area contributed by atoms with Crippen molar-refractivity contribution in [2.75, 3.05) is 11.9 Å². The number of nitrogens with zero attached hydrogens (tertiary/aromatic N) is 2. The molecule has 0 aliphatic rings. The van der Waals surface area contributed by atoms with E-state index in [1.54, 1.807) is 6.92 Å². The summed E-state index contributed by atoms with van der Waals surface area (Å²) in [5, 5.41) is 6.19. The lowest BCUT2D eigenvalue weighted by Gasteiger charge is -2.18. The Morgan fingerprint density at radius 3 is 2.57 bits per heavy atom. The predicted octanol–water partition coefficient (Wildman–Crippen LogP) is 3.38. The second-order valence-electron chi connectivity index (χ2n) is 7.55. The van der Waals surface area contributed by atoms with Crippen molar-refractivity contribution in [1.82, 2.24) is 20.3 Å². The Bertz CT molecular complexity index is 1440. The molecule has 9 nitrogen and oxygen atoms in total. The molecule has 2 aromatic heterocycles. The number of anilines is 1. The first-order valence-corrected chi connectivity index (χ1v) is 10.8. The molecule has 2 aromatic carbocycles. The zero-order valence-corrected chi connectivity index (χ0v) is 20.1. The van der Waals surface area contributed by atoms with E-state index in [0.717, 1.165) is 5.56 Å². The summed E-state index contributed by atoms with van der Waals surface area (Å²) in [4.78, 5) is 48.9. The van der Waals surface area contributed by atoms with E-state index in [2.05, 4.69) is 25.6 Å². The minimum Gasteiger partial charge on any atom is -0.344 e. The van der Waals surface area contributed by atoms with Crippen LogP contribution in [0, 0.1) is 6.92 Å². The number of rotatable bonds is 6. The topological polar surface area (TPSA) is 143 Å². The number of hydrogen-bond acceptors (Lipinski definition) is 6. The van der Waals surface area contributed by atoms with Crippen molar-refractivity contribution in [3.05, 3.63) is 98.7 Å². The first kappa shape index (κ1) is 25.8. The van der Waals surface area contributed by atoms with E-state index in [1.807, 2.05) is 30.3 Å². The molecule has 0 aliphatic carbocycles. The second-order valence-corrected chi connectivity index (χ2v) is 7.96. The Kier molecular flexibility index (Phi) is 8.18. The monoisotopic (exact) mass is 512 g/mol. The molecule has 0 aliphatic heterocycles. The van der Waals surface area contributed by atoms with Crippen molar-refractivity contribution >= 4 is 52.5 Å². The number of H-pyrrole nitrogens is 1. The van der Waals surface area contributed by atoms with Crippen LogP contribution in [0.1, 0.15) is 38.1 Å². The molecule has 0 saturated heterocycles. The van der Waals surface area contributed by atoms with Crippen LogP contribution in [0.3, 0.4) is 0 Å². The van der Waals surface area contributed by atoms with Crippen LogP contribution < -0.4 is 21.9 Å². The SMILES string of the molecule is Cc1ncc2cc(C(=O)Nc3cc(C(=O)NC(CN)c4ccccc4)ccc3Cl)c(=O)[nH]c2n1.Cl. The maximum Gasteiger partial charge on any atom is 0.262 e. The number of amides is 2. The molecule has 11 heteroatoms. The van der Waals surface area contributed by atoms with Gasteiger partial charge in [0, 0.05) is 23.7 Å². The van der Waals surface area contributed by atoms with E-state index < -0.39 is 11.5 Å². The highest BCUT2D eigenvalue weighted by atomic mass is 35.5. The Labute approximate surface area is 211 Å². The maximum atomic E-state index is 12.8. The largest absolute Gasteiger partial charge is 0.344 e. The number of carbonyl (C=O) groups excluding carboxylic acids is 2. The van der Waals surface area contributed by atoms with Gasteiger partial charge in [-0.15, -0.1) is 12.4 Å². The number of aromatic nitrogens is 3. The molecule has 35 heavy (non-hydrogen) atoms. The summed E-state index contributed by atoms with van der Waals surface area (Å²) in [5.74, 6) is -0.582. The summed E-state index contributed by atoms with van der Waals surface area (Å²) >= 11 is 6.24. The van der Waals surface area contributed by atoms with Crippen LogP contribution in [0.4, 0.5) is 5.69 Å². The maximum absolute atomic E-state index is 12.8. The van der Waals surface area contributed by atoms with Gasteiger partial charge in [-0.3, -0.25) is 14.4 Å². The van der Waals surface area contributed by atoms with Crippen LogP contribution in [0.15, 0.2) is 65.6 Å². The van der Waals surface area contributed by atoms with Gasteiger partial charge in [0.25, 0.3) is 17.4 Å². The quantitative estimate of drug-likeness (QED) is 0.311. The third-order valence-electron chi connectivity index (χ3n) is 5.18. The van der Waals surface area contributed by atoms with Crippen molar-refractivity contribution in [3.63, 3.8) is 0 Å². The number of benzene rings is 2. The van der Waals surface area contributed by atoms with Crippen molar-refractivity contribution in [2.24, 2.45) is 5.73 Å². The molecule has 180 valence electrons.